The Kier molecular flexibility index (Phi) is 38.6. The summed E-state index contributed by atoms with van der Waals surface area (Å²) in [6.07, 6.45) is 1.73. The summed E-state index contributed by atoms with van der Waals surface area (Å²) in [7, 11) is 15.1. The van der Waals surface area contributed by atoms with Gasteiger partial charge in [0.1, 0.15) is 114 Å². The number of carbonyl (C=O) groups excluding carboxylic acids is 9. The van der Waals surface area contributed by atoms with E-state index < -0.39 is 43.1 Å². The van der Waals surface area contributed by atoms with E-state index >= 15 is 0 Å². The van der Waals surface area contributed by atoms with Crippen LogP contribution in [-0.2, 0) is 92.7 Å². The molecule has 11 amide bonds. The number of halogens is 1. The minimum atomic E-state index is -0.799. The molecule has 0 unspecified atom stereocenters. The molecule has 1 aromatic carbocycles. The van der Waals surface area contributed by atoms with E-state index in [9.17, 15) is 53.7 Å². The van der Waals surface area contributed by atoms with E-state index in [0.29, 0.717) is 147 Å². The Bertz CT molecular complexity index is 5500. The summed E-state index contributed by atoms with van der Waals surface area (Å²) in [6, 6.07) is 31.7. The number of morpholine rings is 4. The van der Waals surface area contributed by atoms with Crippen molar-refractivity contribution in [2.24, 2.45) is 0 Å². The molecule has 4 saturated heterocycles. The molecule has 11 heterocycles. The van der Waals surface area contributed by atoms with Gasteiger partial charge in [-0.1, -0.05) is 54.1 Å². The Balaban J connectivity index is 0.000000198. The van der Waals surface area contributed by atoms with Crippen LogP contribution in [0.1, 0.15) is 113 Å². The second-order valence-corrected chi connectivity index (χ2v) is 30.2. The Morgan fingerprint density at radius 1 is 0.447 bits per heavy atom. The average Bonchev–Trinajstić information content (AvgIpc) is 0.826. The number of aldehydes is 1. The highest BCUT2D eigenvalue weighted by atomic mass is 35.5. The lowest BCUT2D eigenvalue weighted by molar-refractivity contribution is -0.144. The van der Waals surface area contributed by atoms with E-state index in [1.807, 2.05) is 39.8 Å². The number of nitriles is 3. The molecule has 12 rings (SSSR count). The lowest BCUT2D eigenvalue weighted by Crippen LogP contribution is -2.41. The van der Waals surface area contributed by atoms with Gasteiger partial charge in [-0.25, -0.2) is 54.1 Å². The highest BCUT2D eigenvalue weighted by Crippen LogP contribution is 2.32. The maximum Gasteiger partial charge on any atom is 0.420 e. The number of urea groups is 3. The second-order valence-electron chi connectivity index (χ2n) is 29.8. The van der Waals surface area contributed by atoms with Crippen molar-refractivity contribution in [1.29, 1.82) is 15.8 Å². The van der Waals surface area contributed by atoms with Crippen LogP contribution in [0.15, 0.2) is 116 Å². The van der Waals surface area contributed by atoms with Crippen LogP contribution in [0.4, 0.5) is 71.3 Å². The van der Waals surface area contributed by atoms with Crippen molar-refractivity contribution in [3.63, 3.8) is 0 Å². The molecule has 0 spiro atoms. The van der Waals surface area contributed by atoms with E-state index in [1.165, 1.54) is 101 Å². The van der Waals surface area contributed by atoms with Crippen LogP contribution in [0, 0.1) is 34.0 Å². The number of aromatic nitrogens is 7. The number of benzene rings is 1. The van der Waals surface area contributed by atoms with Gasteiger partial charge in [0.25, 0.3) is 0 Å². The highest BCUT2D eigenvalue weighted by Gasteiger charge is 2.31. The number of nitrogens with zero attached hydrogens (tertiary/aromatic N) is 18. The first-order valence-electron chi connectivity index (χ1n) is 41.1. The fourth-order valence-electron chi connectivity index (χ4n) is 12.9. The molecule has 698 valence electrons. The summed E-state index contributed by atoms with van der Waals surface area (Å²) in [5.74, 6) is 1.96. The van der Waals surface area contributed by atoms with Crippen molar-refractivity contribution < 1.29 is 95.3 Å². The zero-order valence-electron chi connectivity index (χ0n) is 75.3. The topological polar surface area (TPSA) is 503 Å². The summed E-state index contributed by atoms with van der Waals surface area (Å²) < 4.78 is 58.4. The Hall–Kier alpha value is -14.1. The van der Waals surface area contributed by atoms with Crippen molar-refractivity contribution in [1.82, 2.24) is 54.5 Å². The van der Waals surface area contributed by atoms with Crippen LogP contribution in [0.3, 0.4) is 0 Å². The van der Waals surface area contributed by atoms with Gasteiger partial charge in [0.05, 0.1) is 59.5 Å². The van der Waals surface area contributed by atoms with Crippen LogP contribution in [0.25, 0.3) is 0 Å². The van der Waals surface area contributed by atoms with Crippen LogP contribution >= 0.6 is 11.6 Å². The zero-order valence-corrected chi connectivity index (χ0v) is 76.1. The summed E-state index contributed by atoms with van der Waals surface area (Å²) in [6.45, 7) is 12.8. The van der Waals surface area contributed by atoms with Gasteiger partial charge in [-0.3, -0.25) is 59.5 Å². The van der Waals surface area contributed by atoms with Gasteiger partial charge >= 0.3 is 24.2 Å². The number of amides is 11. The van der Waals surface area contributed by atoms with Crippen LogP contribution in [0.2, 0.25) is 5.02 Å². The van der Waals surface area contributed by atoms with Gasteiger partial charge in [0.2, 0.25) is 42.5 Å². The first kappa shape index (κ1) is 102. The second kappa shape index (κ2) is 50.2. The molecule has 0 aliphatic carbocycles. The fraction of sp³-hybridized carbons (Fsp3) is 0.398. The van der Waals surface area contributed by atoms with Gasteiger partial charge in [0, 0.05) is 178 Å². The molecular formula is C88H104ClN23O20. The number of carbonyl (C=O) groups is 9. The smallest absolute Gasteiger partial charge is 0.410 e. The Morgan fingerprint density at radius 2 is 0.758 bits per heavy atom. The Labute approximate surface area is 767 Å². The van der Waals surface area contributed by atoms with Crippen LogP contribution < -0.4 is 50.9 Å². The summed E-state index contributed by atoms with van der Waals surface area (Å²) in [5.41, 5.74) is 6.39. The highest BCUT2D eigenvalue weighted by molar-refractivity contribution is 6.32. The SMILES string of the molecule is CC(C)Nc1cc(NC(=O)N(C)c2ccc(CN3CCOCC3=O)c(C=O)n2)ncc1C#N.COC(OC)c1nc(N(C)C(=O)Nc2cc(Cl)c(C#N)cn2)ccc1CN1CCOCC1=O.COC(OC)c1nc(N(C)C(=O)Nc2cc(NC(C)C)c(C#N)cn2)ccc1CN1CCOCC1=O.COC(OC)c1nc(N(C)C(=O)Oc2ccccc2)ccc1CN1CCOCC1=O. The molecule has 0 atom stereocenters. The van der Waals surface area contributed by atoms with Gasteiger partial charge in [-0.05, 0) is 80.8 Å². The molecule has 4 aliphatic rings. The largest absolute Gasteiger partial charge is 0.420 e. The molecule has 4 fully saturated rings. The summed E-state index contributed by atoms with van der Waals surface area (Å²) in [4.78, 5) is 153. The molecular weight excluding hydrogens is 1730 g/mol. The number of rotatable bonds is 30. The van der Waals surface area contributed by atoms with Gasteiger partial charge in [-0.15, -0.1) is 0 Å². The molecule has 7 aromatic heterocycles. The zero-order chi connectivity index (χ0) is 95.7. The standard InChI is InChI=1S/C24H31N7O5.C22H25N7O4.C21H23ClN6O5.C21H25N3O6/c1-15(2)27-18-10-19(26-12-17(18)11-25)28-24(33)30(3)20-7-6-16(22(29-20)23(34-4)35-5)13-31-8-9-36-14-21(31)32;1-14(2)25-17-8-19(24-10-16(17)9-23)27-22(32)28(3)20-5-4-15(18(12-30)26-20)11-29-6-7-33-13-21(29)31;1-27(21(30)25-16-8-15(22)14(9-23)10-24-16)17-5-4-13(19(26-17)20(31-2)32-3)11-28-6-7-33-12-18(28)29;1-23(21(26)30-16-7-5-4-6-8-16)17-10-9-15(19(22-17)20(27-2)28-3)13-24-11-12-29-14-18(24)25/h6-7,10,12,15,23H,8-9,13-14H2,1-5H3,(H2,26,27,28,33);4-5,8,10,12,14H,6-7,11,13H2,1-3H3,(H2,24,25,27,32);4-5,8,10,20H,6-7,11-12H2,1-3H3,(H,24,25,30);4-10,20H,11-14H2,1-3H3. The van der Waals surface area contributed by atoms with Crippen molar-refractivity contribution in [3.8, 4) is 24.0 Å². The monoisotopic (exact) mass is 1840 g/mol. The maximum absolute atomic E-state index is 13.0. The van der Waals surface area contributed by atoms with E-state index in [4.69, 9.17) is 69.0 Å². The molecule has 44 heteroatoms. The van der Waals surface area contributed by atoms with Crippen LogP contribution in [-0.4, -0.2) is 271 Å². The predicted molar refractivity (Wildman–Crippen MR) is 480 cm³/mol. The minimum Gasteiger partial charge on any atom is -0.410 e. The van der Waals surface area contributed by atoms with Crippen molar-refractivity contribution >= 4 is 118 Å². The molecule has 0 radical (unpaired) electrons. The van der Waals surface area contributed by atoms with E-state index in [0.717, 1.165) is 16.7 Å². The molecule has 0 saturated carbocycles. The van der Waals surface area contributed by atoms with Crippen molar-refractivity contribution in [2.45, 2.75) is 84.8 Å². The van der Waals surface area contributed by atoms with E-state index in [2.05, 4.69) is 73.6 Å². The average molecular weight is 1840 g/mol. The lowest BCUT2D eigenvalue weighted by atomic mass is 10.1. The maximum atomic E-state index is 13.0. The fourth-order valence-corrected chi connectivity index (χ4v) is 13.1. The van der Waals surface area contributed by atoms with Gasteiger partial charge in [0.15, 0.2) is 6.29 Å². The van der Waals surface area contributed by atoms with E-state index in [1.54, 1.807) is 119 Å². The number of anilines is 9. The molecule has 43 nitrogen and oxygen atoms in total. The molecule has 5 N–H and O–H groups in total. The first-order chi connectivity index (χ1) is 63.5. The number of para-hydroxylation sites is 1. The third-order valence-electron chi connectivity index (χ3n) is 20.0. The van der Waals surface area contributed by atoms with Crippen molar-refractivity contribution in [3.05, 3.63) is 182 Å². The molecule has 132 heavy (non-hydrogen) atoms. The summed E-state index contributed by atoms with van der Waals surface area (Å²) in [5, 5.41) is 42.0. The number of ether oxygens (including phenoxy) is 11. The third-order valence-corrected chi connectivity index (χ3v) is 20.3. The predicted octanol–water partition coefficient (Wildman–Crippen LogP) is 9.18. The molecule has 4 aliphatic heterocycles. The first-order valence-corrected chi connectivity index (χ1v) is 41.4. The number of hydrogen-bond donors (Lipinski definition) is 5. The normalized spacial score (nSPS) is 13.7. The molecule has 8 aromatic rings. The quantitative estimate of drug-likeness (QED) is 0.0207. The summed E-state index contributed by atoms with van der Waals surface area (Å²) >= 11 is 6.00. The number of pyridine rings is 7. The Morgan fingerprint density at radius 3 is 1.07 bits per heavy atom. The third kappa shape index (κ3) is 28.2. The van der Waals surface area contributed by atoms with Crippen LogP contribution in [0.5, 0.6) is 5.75 Å². The minimum absolute atomic E-state index is 0.0165. The van der Waals surface area contributed by atoms with E-state index in [-0.39, 0.29) is 108 Å². The lowest BCUT2D eigenvalue weighted by Gasteiger charge is -2.28. The number of hydrogen-bond acceptors (Lipinski definition) is 32. The number of methoxy groups -OCH3 is 6. The van der Waals surface area contributed by atoms with Crippen molar-refractivity contribution in [2.75, 3.05) is 196 Å². The van der Waals surface area contributed by atoms with Gasteiger partial charge in [-0.2, -0.15) is 15.8 Å². The van der Waals surface area contributed by atoms with Gasteiger partial charge < -0.3 is 82.3 Å². The molecule has 0 bridgehead atoms. The number of nitrogens with one attached hydrogen (secondary N) is 5.